The highest BCUT2D eigenvalue weighted by molar-refractivity contribution is 8.14. The van der Waals surface area contributed by atoms with Crippen molar-refractivity contribution in [3.63, 3.8) is 0 Å². The molecule has 148 valence electrons. The lowest BCUT2D eigenvalue weighted by Crippen LogP contribution is -2.49. The number of urea groups is 1. The summed E-state index contributed by atoms with van der Waals surface area (Å²) in [6.07, 6.45) is 0.379. The SMILES string of the molecule is CC(C)C1=NC(CN(C)C(=O)N[C@@H](CCN2CCOCC2)C(=O)O)CS1. The molecule has 2 aliphatic rings. The molecule has 0 aromatic heterocycles. The number of nitrogens with zero attached hydrogens (tertiary/aromatic N) is 3. The Morgan fingerprint density at radius 3 is 2.69 bits per heavy atom. The van der Waals surface area contributed by atoms with E-state index < -0.39 is 12.0 Å². The van der Waals surface area contributed by atoms with Crippen molar-refractivity contribution in [1.82, 2.24) is 15.1 Å². The van der Waals surface area contributed by atoms with Crippen molar-refractivity contribution in [3.05, 3.63) is 0 Å². The summed E-state index contributed by atoms with van der Waals surface area (Å²) >= 11 is 1.74. The van der Waals surface area contributed by atoms with Crippen LogP contribution in [0.15, 0.2) is 4.99 Å². The largest absolute Gasteiger partial charge is 0.480 e. The lowest BCUT2D eigenvalue weighted by atomic mass is 10.2. The van der Waals surface area contributed by atoms with E-state index in [0.717, 1.165) is 23.9 Å². The minimum Gasteiger partial charge on any atom is -0.480 e. The summed E-state index contributed by atoms with van der Waals surface area (Å²) in [6, 6.07) is -1.18. The van der Waals surface area contributed by atoms with Gasteiger partial charge in [0.1, 0.15) is 6.04 Å². The van der Waals surface area contributed by atoms with Crippen molar-refractivity contribution >= 4 is 28.8 Å². The molecule has 2 rings (SSSR count). The lowest BCUT2D eigenvalue weighted by molar-refractivity contribution is -0.139. The molecule has 1 unspecified atom stereocenters. The van der Waals surface area contributed by atoms with Crippen molar-refractivity contribution < 1.29 is 19.4 Å². The number of amides is 2. The van der Waals surface area contributed by atoms with Gasteiger partial charge in [0.25, 0.3) is 0 Å². The molecule has 26 heavy (non-hydrogen) atoms. The standard InChI is InChI=1S/C17H30N4O4S/c1-12(2)15-18-13(11-26-15)10-20(3)17(24)19-14(16(22)23)4-5-21-6-8-25-9-7-21/h12-14H,4-11H2,1-3H3,(H,19,24)(H,22,23)/t13?,14-/m0/s1. The molecule has 0 aliphatic carbocycles. The molecule has 8 nitrogen and oxygen atoms in total. The second-order valence-corrected chi connectivity index (χ2v) is 8.09. The quantitative estimate of drug-likeness (QED) is 0.646. The maximum Gasteiger partial charge on any atom is 0.326 e. The van der Waals surface area contributed by atoms with Crippen LogP contribution in [0.2, 0.25) is 0 Å². The molecule has 2 amide bonds. The molecule has 2 N–H and O–H groups in total. The highest BCUT2D eigenvalue weighted by Crippen LogP contribution is 2.23. The summed E-state index contributed by atoms with van der Waals surface area (Å²) in [5.41, 5.74) is 0. The van der Waals surface area contributed by atoms with E-state index in [1.54, 1.807) is 18.8 Å². The lowest BCUT2D eigenvalue weighted by Gasteiger charge is -2.28. The molecular weight excluding hydrogens is 356 g/mol. The molecule has 1 saturated heterocycles. The number of likely N-dealkylation sites (N-methyl/N-ethyl adjacent to an activating group) is 1. The van der Waals surface area contributed by atoms with Crippen LogP contribution in [-0.2, 0) is 9.53 Å². The average molecular weight is 387 g/mol. The number of carboxylic acids is 1. The summed E-state index contributed by atoms with van der Waals surface area (Å²) in [6.45, 7) is 8.28. The number of carbonyl (C=O) groups is 2. The first-order valence-electron chi connectivity index (χ1n) is 9.12. The third-order valence-electron chi connectivity index (χ3n) is 4.49. The molecule has 0 bridgehead atoms. The van der Waals surface area contributed by atoms with E-state index in [2.05, 4.69) is 29.1 Å². The monoisotopic (exact) mass is 386 g/mol. The molecule has 1 fully saturated rings. The van der Waals surface area contributed by atoms with Gasteiger partial charge in [0.2, 0.25) is 0 Å². The maximum absolute atomic E-state index is 12.4. The van der Waals surface area contributed by atoms with Gasteiger partial charge >= 0.3 is 12.0 Å². The third-order valence-corrected chi connectivity index (χ3v) is 5.92. The first-order valence-corrected chi connectivity index (χ1v) is 10.1. The predicted molar refractivity (Wildman–Crippen MR) is 103 cm³/mol. The molecular formula is C17H30N4O4S. The van der Waals surface area contributed by atoms with Crippen LogP contribution in [0, 0.1) is 5.92 Å². The van der Waals surface area contributed by atoms with Gasteiger partial charge in [0.15, 0.2) is 0 Å². The molecule has 0 saturated carbocycles. The Morgan fingerprint density at radius 2 is 2.12 bits per heavy atom. The fourth-order valence-corrected chi connectivity index (χ4v) is 4.00. The smallest absolute Gasteiger partial charge is 0.326 e. The second-order valence-electron chi connectivity index (χ2n) is 7.05. The fourth-order valence-electron chi connectivity index (χ4n) is 2.90. The zero-order chi connectivity index (χ0) is 19.1. The van der Waals surface area contributed by atoms with Crippen molar-refractivity contribution in [2.75, 3.05) is 52.2 Å². The number of rotatable bonds is 8. The van der Waals surface area contributed by atoms with Gasteiger partial charge in [-0.25, -0.2) is 9.59 Å². The Bertz CT molecular complexity index is 523. The second kappa shape index (κ2) is 10.1. The van der Waals surface area contributed by atoms with E-state index >= 15 is 0 Å². The van der Waals surface area contributed by atoms with Crippen LogP contribution in [0.5, 0.6) is 0 Å². The molecule has 0 aromatic carbocycles. The van der Waals surface area contributed by atoms with Gasteiger partial charge in [0.05, 0.1) is 24.3 Å². The first kappa shape index (κ1) is 21.0. The van der Waals surface area contributed by atoms with E-state index in [4.69, 9.17) is 4.74 Å². The summed E-state index contributed by atoms with van der Waals surface area (Å²) in [5.74, 6) is 0.266. The van der Waals surface area contributed by atoms with E-state index in [1.807, 2.05) is 0 Å². The van der Waals surface area contributed by atoms with Crippen LogP contribution < -0.4 is 5.32 Å². The van der Waals surface area contributed by atoms with Gasteiger partial charge in [-0.2, -0.15) is 0 Å². The highest BCUT2D eigenvalue weighted by Gasteiger charge is 2.26. The summed E-state index contributed by atoms with van der Waals surface area (Å²) in [4.78, 5) is 32.2. The van der Waals surface area contributed by atoms with Crippen molar-refractivity contribution in [1.29, 1.82) is 0 Å². The Labute approximate surface area is 159 Å². The normalized spacial score (nSPS) is 22.2. The number of aliphatic carboxylic acids is 1. The van der Waals surface area contributed by atoms with Gasteiger partial charge in [-0.05, 0) is 6.42 Å². The number of nitrogens with one attached hydrogen (secondary N) is 1. The molecule has 9 heteroatoms. The van der Waals surface area contributed by atoms with E-state index in [0.29, 0.717) is 38.6 Å². The van der Waals surface area contributed by atoms with Crippen LogP contribution in [0.4, 0.5) is 4.79 Å². The maximum atomic E-state index is 12.4. The van der Waals surface area contributed by atoms with Crippen LogP contribution in [0.1, 0.15) is 20.3 Å². The minimum atomic E-state index is -1.00. The number of thioether (sulfide) groups is 1. The van der Waals surface area contributed by atoms with Crippen molar-refractivity contribution in [2.24, 2.45) is 10.9 Å². The van der Waals surface area contributed by atoms with Crippen LogP contribution >= 0.6 is 11.8 Å². The zero-order valence-corrected chi connectivity index (χ0v) is 16.6. The molecule has 2 heterocycles. The Balaban J connectivity index is 1.79. The van der Waals surface area contributed by atoms with Crippen LogP contribution in [0.25, 0.3) is 0 Å². The van der Waals surface area contributed by atoms with Crippen LogP contribution in [0.3, 0.4) is 0 Å². The number of carboxylic acid groups (broad SMARTS) is 1. The molecule has 2 atom stereocenters. The number of morpholine rings is 1. The fraction of sp³-hybridized carbons (Fsp3) is 0.824. The minimum absolute atomic E-state index is 0.0739. The summed E-state index contributed by atoms with van der Waals surface area (Å²) in [5, 5.41) is 13.2. The van der Waals surface area contributed by atoms with Gasteiger partial charge in [-0.1, -0.05) is 13.8 Å². The van der Waals surface area contributed by atoms with Gasteiger partial charge in [-0.15, -0.1) is 11.8 Å². The van der Waals surface area contributed by atoms with E-state index in [-0.39, 0.29) is 12.1 Å². The number of aliphatic imine (C=N–C) groups is 1. The molecule has 0 aromatic rings. The third kappa shape index (κ3) is 6.44. The van der Waals surface area contributed by atoms with E-state index in [9.17, 15) is 14.7 Å². The Hall–Kier alpha value is -1.32. The Kier molecular flexibility index (Phi) is 8.17. The highest BCUT2D eigenvalue weighted by atomic mass is 32.2. The van der Waals surface area contributed by atoms with Crippen molar-refractivity contribution in [3.8, 4) is 0 Å². The number of hydrogen-bond donors (Lipinski definition) is 2. The van der Waals surface area contributed by atoms with Gasteiger partial charge < -0.3 is 20.1 Å². The molecule has 0 radical (unpaired) electrons. The summed E-state index contributed by atoms with van der Waals surface area (Å²) < 4.78 is 5.29. The number of hydrogen-bond acceptors (Lipinski definition) is 6. The topological polar surface area (TPSA) is 94.5 Å². The molecule has 0 spiro atoms. The number of carbonyl (C=O) groups excluding carboxylic acids is 1. The van der Waals surface area contributed by atoms with Gasteiger partial charge in [-0.3, -0.25) is 9.89 Å². The van der Waals surface area contributed by atoms with Crippen molar-refractivity contribution in [2.45, 2.75) is 32.4 Å². The van der Waals surface area contributed by atoms with E-state index in [1.165, 1.54) is 4.90 Å². The Morgan fingerprint density at radius 1 is 1.42 bits per heavy atom. The number of ether oxygens (including phenoxy) is 1. The van der Waals surface area contributed by atoms with Crippen LogP contribution in [-0.4, -0.2) is 96.2 Å². The zero-order valence-electron chi connectivity index (χ0n) is 15.8. The predicted octanol–water partition coefficient (Wildman–Crippen LogP) is 0.973. The first-order chi connectivity index (χ1) is 12.4. The van der Waals surface area contributed by atoms with Gasteiger partial charge in [0, 0.05) is 44.9 Å². The average Bonchev–Trinajstić information content (AvgIpc) is 3.07. The molecule has 2 aliphatic heterocycles. The summed E-state index contributed by atoms with van der Waals surface area (Å²) in [7, 11) is 1.68.